The summed E-state index contributed by atoms with van der Waals surface area (Å²) in [5.41, 5.74) is 1.29. The molecular formula is C14H26N4. The van der Waals surface area contributed by atoms with E-state index < -0.39 is 0 Å². The Labute approximate surface area is 111 Å². The third-order valence-corrected chi connectivity index (χ3v) is 2.93. The summed E-state index contributed by atoms with van der Waals surface area (Å²) in [6.45, 7) is 6.26. The van der Waals surface area contributed by atoms with Gasteiger partial charge in [-0.15, -0.1) is 0 Å². The number of nitrogens with one attached hydrogen (secondary N) is 1. The average molecular weight is 250 g/mol. The molecule has 1 heterocycles. The van der Waals surface area contributed by atoms with Gasteiger partial charge in [-0.25, -0.2) is 4.98 Å². The van der Waals surface area contributed by atoms with Gasteiger partial charge in [0, 0.05) is 25.8 Å². The van der Waals surface area contributed by atoms with Gasteiger partial charge in [-0.1, -0.05) is 0 Å². The molecular weight excluding hydrogens is 224 g/mol. The Balaban J connectivity index is 2.60. The highest BCUT2D eigenvalue weighted by Crippen LogP contribution is 2.13. The average Bonchev–Trinajstić information content (AvgIpc) is 2.35. The lowest BCUT2D eigenvalue weighted by molar-refractivity contribution is 0.400. The molecule has 0 saturated heterocycles. The van der Waals surface area contributed by atoms with E-state index in [4.69, 9.17) is 0 Å². The minimum absolute atomic E-state index is 0.894. The fraction of sp³-hybridized carbons (Fsp3) is 0.643. The van der Waals surface area contributed by atoms with Crippen molar-refractivity contribution in [3.63, 3.8) is 0 Å². The van der Waals surface area contributed by atoms with Crippen LogP contribution >= 0.6 is 0 Å². The van der Waals surface area contributed by atoms with E-state index in [1.54, 1.807) is 0 Å². The van der Waals surface area contributed by atoms with Crippen molar-refractivity contribution in [3.8, 4) is 0 Å². The van der Waals surface area contributed by atoms with Crippen molar-refractivity contribution in [1.29, 1.82) is 0 Å². The van der Waals surface area contributed by atoms with E-state index in [1.165, 1.54) is 12.0 Å². The number of hydrogen-bond donors (Lipinski definition) is 1. The zero-order chi connectivity index (χ0) is 13.4. The van der Waals surface area contributed by atoms with Crippen LogP contribution in [-0.4, -0.2) is 50.7 Å². The van der Waals surface area contributed by atoms with E-state index in [1.807, 2.05) is 13.2 Å². The van der Waals surface area contributed by atoms with Gasteiger partial charge in [0.05, 0.1) is 0 Å². The molecule has 0 aromatic carbocycles. The molecule has 0 aliphatic rings. The molecule has 102 valence electrons. The van der Waals surface area contributed by atoms with Crippen molar-refractivity contribution < 1.29 is 0 Å². The standard InChI is InChI=1S/C14H26N4/c1-5-18(10-6-9-17(3)4)14-11-13(12-15-2)7-8-16-14/h7-8,11,15H,5-6,9-10,12H2,1-4H3. The van der Waals surface area contributed by atoms with Gasteiger partial charge in [-0.2, -0.15) is 0 Å². The fourth-order valence-corrected chi connectivity index (χ4v) is 1.96. The summed E-state index contributed by atoms with van der Waals surface area (Å²) in [5.74, 6) is 1.09. The molecule has 1 rings (SSSR count). The summed E-state index contributed by atoms with van der Waals surface area (Å²) in [7, 11) is 6.19. The fourth-order valence-electron chi connectivity index (χ4n) is 1.96. The normalized spacial score (nSPS) is 10.9. The van der Waals surface area contributed by atoms with Gasteiger partial charge in [-0.05, 0) is 58.7 Å². The summed E-state index contributed by atoms with van der Waals surface area (Å²) in [6.07, 6.45) is 3.06. The molecule has 0 aliphatic heterocycles. The first-order valence-corrected chi connectivity index (χ1v) is 6.66. The van der Waals surface area contributed by atoms with Crippen LogP contribution in [-0.2, 0) is 6.54 Å². The minimum Gasteiger partial charge on any atom is -0.357 e. The van der Waals surface area contributed by atoms with Crippen molar-refractivity contribution in [2.75, 3.05) is 45.7 Å². The lowest BCUT2D eigenvalue weighted by Crippen LogP contribution is -2.27. The first-order chi connectivity index (χ1) is 8.67. The lowest BCUT2D eigenvalue weighted by Gasteiger charge is -2.23. The quantitative estimate of drug-likeness (QED) is 0.759. The Morgan fingerprint density at radius 3 is 2.67 bits per heavy atom. The van der Waals surface area contributed by atoms with Gasteiger partial charge >= 0.3 is 0 Å². The van der Waals surface area contributed by atoms with Gasteiger partial charge in [0.2, 0.25) is 0 Å². The van der Waals surface area contributed by atoms with Crippen LogP contribution in [0.15, 0.2) is 18.3 Å². The van der Waals surface area contributed by atoms with Gasteiger partial charge in [-0.3, -0.25) is 0 Å². The van der Waals surface area contributed by atoms with Crippen LogP contribution in [0.3, 0.4) is 0 Å². The Morgan fingerprint density at radius 1 is 1.28 bits per heavy atom. The third-order valence-electron chi connectivity index (χ3n) is 2.93. The predicted molar refractivity (Wildman–Crippen MR) is 78.1 cm³/mol. The van der Waals surface area contributed by atoms with Crippen molar-refractivity contribution in [2.45, 2.75) is 19.9 Å². The van der Waals surface area contributed by atoms with Gasteiger partial charge in [0.1, 0.15) is 5.82 Å². The highest BCUT2D eigenvalue weighted by Gasteiger charge is 2.06. The molecule has 0 amide bonds. The van der Waals surface area contributed by atoms with Crippen molar-refractivity contribution in [3.05, 3.63) is 23.9 Å². The highest BCUT2D eigenvalue weighted by atomic mass is 15.2. The lowest BCUT2D eigenvalue weighted by atomic mass is 10.2. The van der Waals surface area contributed by atoms with Gasteiger partial charge in [0.15, 0.2) is 0 Å². The van der Waals surface area contributed by atoms with E-state index in [0.29, 0.717) is 0 Å². The Kier molecular flexibility index (Phi) is 6.68. The van der Waals surface area contributed by atoms with E-state index >= 15 is 0 Å². The summed E-state index contributed by atoms with van der Waals surface area (Å²) in [4.78, 5) is 9.03. The SMILES string of the molecule is CCN(CCCN(C)C)c1cc(CNC)ccn1. The third kappa shape index (κ3) is 5.02. The number of pyridine rings is 1. The topological polar surface area (TPSA) is 31.4 Å². The maximum Gasteiger partial charge on any atom is 0.128 e. The van der Waals surface area contributed by atoms with Crippen LogP contribution in [0, 0.1) is 0 Å². The van der Waals surface area contributed by atoms with Crippen LogP contribution in [0.4, 0.5) is 5.82 Å². The Morgan fingerprint density at radius 2 is 2.06 bits per heavy atom. The molecule has 0 saturated carbocycles. The van der Waals surface area contributed by atoms with Crippen molar-refractivity contribution in [2.24, 2.45) is 0 Å². The van der Waals surface area contributed by atoms with E-state index in [-0.39, 0.29) is 0 Å². The maximum absolute atomic E-state index is 4.48. The number of rotatable bonds is 8. The molecule has 1 aromatic heterocycles. The molecule has 0 spiro atoms. The second-order valence-electron chi connectivity index (χ2n) is 4.79. The molecule has 4 heteroatoms. The highest BCUT2D eigenvalue weighted by molar-refractivity contribution is 5.40. The Hall–Kier alpha value is -1.13. The zero-order valence-corrected chi connectivity index (χ0v) is 12.1. The van der Waals surface area contributed by atoms with Crippen molar-refractivity contribution >= 4 is 5.82 Å². The smallest absolute Gasteiger partial charge is 0.128 e. The first kappa shape index (κ1) is 14.9. The van der Waals surface area contributed by atoms with Crippen LogP contribution in [0.25, 0.3) is 0 Å². The van der Waals surface area contributed by atoms with Crippen LogP contribution in [0.1, 0.15) is 18.9 Å². The minimum atomic E-state index is 0.894. The van der Waals surface area contributed by atoms with E-state index in [2.05, 4.69) is 53.3 Å². The molecule has 0 radical (unpaired) electrons. The molecule has 0 fully saturated rings. The molecule has 0 bridgehead atoms. The molecule has 4 nitrogen and oxygen atoms in total. The molecule has 18 heavy (non-hydrogen) atoms. The molecule has 1 aromatic rings. The van der Waals surface area contributed by atoms with Crippen LogP contribution in [0.2, 0.25) is 0 Å². The first-order valence-electron chi connectivity index (χ1n) is 6.66. The second kappa shape index (κ2) is 8.06. The summed E-state index contributed by atoms with van der Waals surface area (Å²) >= 11 is 0. The van der Waals surface area contributed by atoms with Crippen LogP contribution in [0.5, 0.6) is 0 Å². The summed E-state index contributed by atoms with van der Waals surface area (Å²) in [5, 5.41) is 3.17. The largest absolute Gasteiger partial charge is 0.357 e. The predicted octanol–water partition coefficient (Wildman–Crippen LogP) is 1.58. The van der Waals surface area contributed by atoms with E-state index in [0.717, 1.165) is 32.0 Å². The van der Waals surface area contributed by atoms with E-state index in [9.17, 15) is 0 Å². The molecule has 0 aliphatic carbocycles. The molecule has 0 atom stereocenters. The second-order valence-corrected chi connectivity index (χ2v) is 4.79. The summed E-state index contributed by atoms with van der Waals surface area (Å²) in [6, 6.07) is 4.24. The Bertz CT molecular complexity index is 338. The number of hydrogen-bond acceptors (Lipinski definition) is 4. The maximum atomic E-state index is 4.48. The molecule has 1 N–H and O–H groups in total. The van der Waals surface area contributed by atoms with Gasteiger partial charge < -0.3 is 15.1 Å². The zero-order valence-electron chi connectivity index (χ0n) is 12.1. The number of aromatic nitrogens is 1. The molecule has 0 unspecified atom stereocenters. The van der Waals surface area contributed by atoms with Crippen LogP contribution < -0.4 is 10.2 Å². The monoisotopic (exact) mass is 250 g/mol. The van der Waals surface area contributed by atoms with Gasteiger partial charge in [0.25, 0.3) is 0 Å². The van der Waals surface area contributed by atoms with Crippen molar-refractivity contribution in [1.82, 2.24) is 15.2 Å². The number of anilines is 1. The number of nitrogens with zero attached hydrogens (tertiary/aromatic N) is 3. The summed E-state index contributed by atoms with van der Waals surface area (Å²) < 4.78 is 0.